The van der Waals surface area contributed by atoms with Crippen LogP contribution in [-0.4, -0.2) is 0 Å². The van der Waals surface area contributed by atoms with Crippen molar-refractivity contribution in [2.45, 2.75) is 89.1 Å². The molecule has 0 aliphatic heterocycles. The second kappa shape index (κ2) is 11.2. The maximum atomic E-state index is 13.1. The number of halogens is 4. The first-order valence-electron chi connectivity index (χ1n) is 11.8. The number of benzene rings is 1. The molecule has 2 aliphatic carbocycles. The molecule has 1 aromatic rings. The van der Waals surface area contributed by atoms with Gasteiger partial charge in [-0.2, -0.15) is 22.8 Å². The predicted molar refractivity (Wildman–Crippen MR) is 115 cm³/mol. The van der Waals surface area contributed by atoms with Crippen LogP contribution in [0.5, 0.6) is 0 Å². The summed E-state index contributed by atoms with van der Waals surface area (Å²) >= 11 is 0. The first-order chi connectivity index (χ1) is 14.8. The summed E-state index contributed by atoms with van der Waals surface area (Å²) < 4.78 is 51.3. The third kappa shape index (κ3) is 7.37. The molecule has 2 aliphatic rings. The molecular weight excluding hydrogens is 402 g/mol. The Labute approximate surface area is 183 Å². The molecule has 0 saturated heterocycles. The summed E-state index contributed by atoms with van der Waals surface area (Å²) in [5.74, 6) is 1.48. The number of unbranched alkanes of at least 4 members (excludes halogenated alkanes) is 1. The van der Waals surface area contributed by atoms with Crippen molar-refractivity contribution in [1.82, 2.24) is 0 Å². The van der Waals surface area contributed by atoms with Crippen LogP contribution in [0, 0.1) is 29.1 Å². The van der Waals surface area contributed by atoms with Crippen LogP contribution >= 0.6 is 0 Å². The van der Waals surface area contributed by atoms with Gasteiger partial charge < -0.3 is 0 Å². The van der Waals surface area contributed by atoms with Crippen molar-refractivity contribution in [1.29, 1.82) is 5.26 Å². The summed E-state index contributed by atoms with van der Waals surface area (Å²) in [5.41, 5.74) is 0.482. The van der Waals surface area contributed by atoms with E-state index in [-0.39, 0.29) is 5.92 Å². The lowest BCUT2D eigenvalue weighted by molar-refractivity contribution is -0.137. The lowest BCUT2D eigenvalue weighted by Crippen LogP contribution is -2.15. The summed E-state index contributed by atoms with van der Waals surface area (Å²) in [6, 6.07) is 7.32. The minimum atomic E-state index is -4.26. The molecule has 170 valence electrons. The van der Waals surface area contributed by atoms with Crippen LogP contribution in [0.3, 0.4) is 0 Å². The van der Waals surface area contributed by atoms with Gasteiger partial charge >= 0.3 is 6.18 Å². The van der Waals surface area contributed by atoms with Gasteiger partial charge in [0.15, 0.2) is 5.83 Å². The number of rotatable bonds is 7. The van der Waals surface area contributed by atoms with E-state index in [1.807, 2.05) is 0 Å². The molecule has 5 heteroatoms. The van der Waals surface area contributed by atoms with Crippen molar-refractivity contribution >= 4 is 0 Å². The van der Waals surface area contributed by atoms with Crippen molar-refractivity contribution in [3.8, 4) is 6.07 Å². The summed E-state index contributed by atoms with van der Waals surface area (Å²) in [5, 5.41) is 8.55. The Morgan fingerprint density at radius 2 is 1.39 bits per heavy atom. The van der Waals surface area contributed by atoms with Gasteiger partial charge in [0, 0.05) is 0 Å². The van der Waals surface area contributed by atoms with E-state index in [1.54, 1.807) is 18.2 Å². The van der Waals surface area contributed by atoms with E-state index < -0.39 is 17.6 Å². The average molecular weight is 436 g/mol. The number of nitrogens with zero attached hydrogens (tertiary/aromatic N) is 1. The van der Waals surface area contributed by atoms with E-state index in [1.165, 1.54) is 56.7 Å². The molecule has 0 amide bonds. The third-order valence-electron chi connectivity index (χ3n) is 7.41. The van der Waals surface area contributed by atoms with Crippen molar-refractivity contribution in [3.63, 3.8) is 0 Å². The summed E-state index contributed by atoms with van der Waals surface area (Å²) in [7, 11) is 0. The van der Waals surface area contributed by atoms with Crippen molar-refractivity contribution in [2.24, 2.45) is 17.8 Å². The Morgan fingerprint density at radius 3 is 1.87 bits per heavy atom. The normalized spacial score (nSPS) is 27.6. The first kappa shape index (κ1) is 23.8. The lowest BCUT2D eigenvalue weighted by Gasteiger charge is -2.29. The molecule has 3 rings (SSSR count). The van der Waals surface area contributed by atoms with Gasteiger partial charge in [-0.05, 0) is 98.8 Å². The van der Waals surface area contributed by atoms with Crippen molar-refractivity contribution in [2.75, 3.05) is 0 Å². The van der Waals surface area contributed by atoms with Crippen LogP contribution in [0.15, 0.2) is 36.2 Å². The maximum Gasteiger partial charge on any atom is 0.416 e. The molecule has 0 bridgehead atoms. The van der Waals surface area contributed by atoms with Gasteiger partial charge in [0.2, 0.25) is 0 Å². The third-order valence-corrected chi connectivity index (χ3v) is 7.41. The lowest BCUT2D eigenvalue weighted by atomic mass is 9.76. The highest BCUT2D eigenvalue weighted by Crippen LogP contribution is 2.39. The maximum absolute atomic E-state index is 13.1. The molecule has 2 fully saturated rings. The Balaban J connectivity index is 1.29. The van der Waals surface area contributed by atoms with Gasteiger partial charge in [0.05, 0.1) is 5.56 Å². The predicted octanol–water partition coefficient (Wildman–Crippen LogP) is 8.72. The quantitative estimate of drug-likeness (QED) is 0.239. The Bertz CT molecular complexity index is 743. The van der Waals surface area contributed by atoms with E-state index in [4.69, 9.17) is 5.26 Å². The molecule has 0 unspecified atom stereocenters. The van der Waals surface area contributed by atoms with E-state index >= 15 is 0 Å². The molecule has 0 spiro atoms. The smallest absolute Gasteiger partial charge is 0.195 e. The highest BCUT2D eigenvalue weighted by molar-refractivity contribution is 5.27. The van der Waals surface area contributed by atoms with Crippen molar-refractivity contribution in [3.05, 3.63) is 47.3 Å². The van der Waals surface area contributed by atoms with E-state index in [2.05, 4.69) is 0 Å². The SMILES string of the molecule is N#CC(F)=CC1CCC(CCCCC2CCC(c3ccc(C(F)(F)F)cc3)CC2)CC1. The number of hydrogen-bond acceptors (Lipinski definition) is 1. The Kier molecular flexibility index (Phi) is 8.58. The van der Waals surface area contributed by atoms with Gasteiger partial charge in [0.25, 0.3) is 0 Å². The summed E-state index contributed by atoms with van der Waals surface area (Å²) in [6.45, 7) is 0. The zero-order valence-corrected chi connectivity index (χ0v) is 18.1. The molecule has 2 saturated carbocycles. The van der Waals surface area contributed by atoms with Crippen molar-refractivity contribution < 1.29 is 17.6 Å². The molecule has 31 heavy (non-hydrogen) atoms. The largest absolute Gasteiger partial charge is 0.416 e. The number of nitriles is 1. The summed E-state index contributed by atoms with van der Waals surface area (Å²) in [6.07, 6.45) is 11.0. The molecule has 0 aromatic heterocycles. The topological polar surface area (TPSA) is 23.8 Å². The van der Waals surface area contributed by atoms with Crippen LogP contribution in [0.25, 0.3) is 0 Å². The Hall–Kier alpha value is -1.83. The summed E-state index contributed by atoms with van der Waals surface area (Å²) in [4.78, 5) is 0. The van der Waals surface area contributed by atoms with Gasteiger partial charge in [-0.25, -0.2) is 0 Å². The standard InChI is InChI=1S/C26H33F4N/c27-25(18-31)17-21-7-5-19(6-8-21)3-1-2-4-20-9-11-22(12-10-20)23-13-15-24(16-14-23)26(28,29)30/h13-17,19-22H,1-12H2. The molecule has 1 nitrogen and oxygen atoms in total. The molecule has 1 aromatic carbocycles. The van der Waals surface area contributed by atoms with Crippen LogP contribution in [0.1, 0.15) is 94.1 Å². The highest BCUT2D eigenvalue weighted by atomic mass is 19.4. The second-order valence-electron chi connectivity index (χ2n) is 9.53. The molecule has 0 atom stereocenters. The molecule has 0 N–H and O–H groups in total. The monoisotopic (exact) mass is 435 g/mol. The van der Waals surface area contributed by atoms with E-state index in [0.717, 1.165) is 55.9 Å². The van der Waals surface area contributed by atoms with Gasteiger partial charge in [-0.15, -0.1) is 0 Å². The van der Waals surface area contributed by atoms with Crippen LogP contribution < -0.4 is 0 Å². The Morgan fingerprint density at radius 1 is 0.871 bits per heavy atom. The molecule has 0 radical (unpaired) electrons. The van der Waals surface area contributed by atoms with Gasteiger partial charge in [-0.3, -0.25) is 0 Å². The fourth-order valence-corrected chi connectivity index (χ4v) is 5.48. The highest BCUT2D eigenvalue weighted by Gasteiger charge is 2.30. The minimum Gasteiger partial charge on any atom is -0.195 e. The minimum absolute atomic E-state index is 0.232. The van der Waals surface area contributed by atoms with Gasteiger partial charge in [0.1, 0.15) is 6.07 Å². The van der Waals surface area contributed by atoms with E-state index in [0.29, 0.717) is 5.92 Å². The average Bonchev–Trinajstić information content (AvgIpc) is 2.77. The van der Waals surface area contributed by atoms with Crippen LogP contribution in [0.4, 0.5) is 17.6 Å². The first-order valence-corrected chi connectivity index (χ1v) is 11.8. The molecular formula is C26H33F4N. The number of alkyl halides is 3. The molecule has 0 heterocycles. The fourth-order valence-electron chi connectivity index (χ4n) is 5.48. The second-order valence-corrected chi connectivity index (χ2v) is 9.53. The number of hydrogen-bond donors (Lipinski definition) is 0. The van der Waals surface area contributed by atoms with Crippen LogP contribution in [0.2, 0.25) is 0 Å². The van der Waals surface area contributed by atoms with Gasteiger partial charge in [-0.1, -0.05) is 37.8 Å². The van der Waals surface area contributed by atoms with E-state index in [9.17, 15) is 17.6 Å². The zero-order valence-electron chi connectivity index (χ0n) is 18.1. The fraction of sp³-hybridized carbons (Fsp3) is 0.654. The number of allylic oxidation sites excluding steroid dienone is 2. The van der Waals surface area contributed by atoms with Crippen LogP contribution in [-0.2, 0) is 6.18 Å². The zero-order chi connectivity index (χ0) is 22.3.